The predicted molar refractivity (Wildman–Crippen MR) is 82.6 cm³/mol. The Morgan fingerprint density at radius 2 is 2.00 bits per heavy atom. The summed E-state index contributed by atoms with van der Waals surface area (Å²) in [5.41, 5.74) is 0.341. The number of halogens is 2. The molecule has 1 fully saturated rings. The van der Waals surface area contributed by atoms with Gasteiger partial charge in [0.1, 0.15) is 11.5 Å². The number of thioether (sulfide) groups is 1. The van der Waals surface area contributed by atoms with E-state index >= 15 is 0 Å². The molecule has 1 aliphatic heterocycles. The molecule has 0 spiro atoms. The number of hydrogen-bond donors (Lipinski definition) is 1. The van der Waals surface area contributed by atoms with Gasteiger partial charge in [-0.2, -0.15) is 8.78 Å². The topological polar surface area (TPSA) is 28.4 Å². The molecule has 6 heteroatoms. The highest BCUT2D eigenvalue weighted by Gasteiger charge is 2.28. The Hall–Kier alpha value is -0.590. The first-order valence-electron chi connectivity index (χ1n) is 7.33. The molecule has 1 aliphatic rings. The van der Waals surface area contributed by atoms with E-state index in [1.165, 1.54) is 12.8 Å². The molecule has 0 saturated carbocycles. The molecule has 2 rings (SSSR count). The van der Waals surface area contributed by atoms with Crippen LogP contribution in [-0.4, -0.2) is 37.3 Å². The lowest BCUT2D eigenvalue weighted by Gasteiger charge is -2.38. The van der Waals surface area contributed by atoms with Crippen LogP contribution in [0.15, 0.2) is 16.5 Å². The average Bonchev–Trinajstić information content (AvgIpc) is 2.88. The lowest BCUT2D eigenvalue weighted by molar-refractivity contribution is 0.136. The zero-order valence-corrected chi connectivity index (χ0v) is 13.5. The van der Waals surface area contributed by atoms with Crippen molar-refractivity contribution in [2.45, 2.75) is 37.8 Å². The number of hydrogen-bond acceptors (Lipinski definition) is 4. The third-order valence-corrected chi connectivity index (χ3v) is 4.82. The van der Waals surface area contributed by atoms with Crippen LogP contribution in [0.5, 0.6) is 0 Å². The Kier molecular flexibility index (Phi) is 6.08. The van der Waals surface area contributed by atoms with Gasteiger partial charge in [0, 0.05) is 6.54 Å². The summed E-state index contributed by atoms with van der Waals surface area (Å²) >= 11 is 0.592. The smallest absolute Gasteiger partial charge is 0.284 e. The third kappa shape index (κ3) is 5.60. The standard InChI is InChI=1S/C15H24F2N2OS/c1-15(5-7-19(2)8-6-15)11-18-9-12-3-4-13(20-12)10-21-14(16)17/h3-4,14,18H,5-11H2,1-2H3. The molecule has 120 valence electrons. The van der Waals surface area contributed by atoms with Crippen LogP contribution in [0.2, 0.25) is 0 Å². The molecule has 1 aromatic rings. The molecule has 0 amide bonds. The molecule has 3 nitrogen and oxygen atoms in total. The van der Waals surface area contributed by atoms with Crippen molar-refractivity contribution in [2.75, 3.05) is 26.7 Å². The summed E-state index contributed by atoms with van der Waals surface area (Å²) in [5.74, 6) is -0.693. The van der Waals surface area contributed by atoms with Crippen molar-refractivity contribution in [3.8, 4) is 0 Å². The fraction of sp³-hybridized carbons (Fsp3) is 0.733. The molecule has 1 saturated heterocycles. The zero-order chi connectivity index (χ0) is 15.3. The molecule has 1 aromatic heterocycles. The number of piperidine rings is 1. The van der Waals surface area contributed by atoms with E-state index in [2.05, 4.69) is 24.2 Å². The average molecular weight is 318 g/mol. The Labute approximate surface area is 129 Å². The molecule has 0 bridgehead atoms. The summed E-state index contributed by atoms with van der Waals surface area (Å²) in [5, 5.41) is 3.44. The maximum Gasteiger partial charge on any atom is 0.284 e. The quantitative estimate of drug-likeness (QED) is 0.832. The van der Waals surface area contributed by atoms with E-state index in [4.69, 9.17) is 4.42 Å². The van der Waals surface area contributed by atoms with Crippen molar-refractivity contribution in [3.63, 3.8) is 0 Å². The van der Waals surface area contributed by atoms with Gasteiger partial charge in [-0.15, -0.1) is 0 Å². The van der Waals surface area contributed by atoms with Gasteiger partial charge >= 0.3 is 0 Å². The van der Waals surface area contributed by atoms with E-state index in [0.29, 0.717) is 29.5 Å². The molecule has 0 unspecified atom stereocenters. The Balaban J connectivity index is 1.71. The molecule has 0 atom stereocenters. The van der Waals surface area contributed by atoms with Crippen LogP contribution < -0.4 is 5.32 Å². The summed E-state index contributed by atoms with van der Waals surface area (Å²) in [6.07, 6.45) is 2.40. The number of nitrogens with zero attached hydrogens (tertiary/aromatic N) is 1. The number of furan rings is 1. The summed E-state index contributed by atoms with van der Waals surface area (Å²) < 4.78 is 29.8. The molecule has 0 aromatic carbocycles. The second-order valence-corrected chi connectivity index (χ2v) is 7.14. The van der Waals surface area contributed by atoms with Gasteiger partial charge in [0.25, 0.3) is 5.76 Å². The maximum absolute atomic E-state index is 12.1. The predicted octanol–water partition coefficient (Wildman–Crippen LogP) is 3.56. The summed E-state index contributed by atoms with van der Waals surface area (Å²) in [7, 11) is 2.16. The van der Waals surface area contributed by atoms with Crippen LogP contribution in [0.25, 0.3) is 0 Å². The van der Waals surface area contributed by atoms with Gasteiger partial charge in [0.15, 0.2) is 0 Å². The van der Waals surface area contributed by atoms with Gasteiger partial charge in [-0.1, -0.05) is 18.7 Å². The Bertz CT molecular complexity index is 431. The third-order valence-electron chi connectivity index (χ3n) is 4.11. The lowest BCUT2D eigenvalue weighted by Crippen LogP contribution is -2.41. The minimum absolute atomic E-state index is 0.224. The van der Waals surface area contributed by atoms with Crippen LogP contribution >= 0.6 is 11.8 Å². The molecule has 0 radical (unpaired) electrons. The summed E-state index contributed by atoms with van der Waals surface area (Å²) in [6.45, 7) is 6.23. The highest BCUT2D eigenvalue weighted by molar-refractivity contribution is 7.98. The molecule has 2 heterocycles. The van der Waals surface area contributed by atoms with Crippen molar-refractivity contribution >= 4 is 11.8 Å². The molecular formula is C15H24F2N2OS. The number of nitrogens with one attached hydrogen (secondary N) is 1. The maximum atomic E-state index is 12.1. The Morgan fingerprint density at radius 3 is 2.67 bits per heavy atom. The first kappa shape index (κ1) is 16.8. The first-order chi connectivity index (χ1) is 9.97. The highest BCUT2D eigenvalue weighted by Crippen LogP contribution is 2.29. The van der Waals surface area contributed by atoms with Crippen molar-refractivity contribution < 1.29 is 13.2 Å². The van der Waals surface area contributed by atoms with E-state index in [9.17, 15) is 8.78 Å². The largest absolute Gasteiger partial charge is 0.464 e. The van der Waals surface area contributed by atoms with Gasteiger partial charge in [-0.3, -0.25) is 0 Å². The molecule has 21 heavy (non-hydrogen) atoms. The molecule has 0 aliphatic carbocycles. The van der Waals surface area contributed by atoms with Gasteiger partial charge in [-0.05, 0) is 50.5 Å². The second kappa shape index (κ2) is 7.61. The minimum atomic E-state index is -2.35. The van der Waals surface area contributed by atoms with Crippen LogP contribution in [-0.2, 0) is 12.3 Å². The fourth-order valence-electron chi connectivity index (χ4n) is 2.56. The Morgan fingerprint density at radius 1 is 1.33 bits per heavy atom. The van der Waals surface area contributed by atoms with E-state index < -0.39 is 5.76 Å². The summed E-state index contributed by atoms with van der Waals surface area (Å²) in [6, 6.07) is 3.65. The lowest BCUT2D eigenvalue weighted by atomic mass is 9.80. The van der Waals surface area contributed by atoms with Crippen molar-refractivity contribution in [1.82, 2.24) is 10.2 Å². The van der Waals surface area contributed by atoms with Gasteiger partial charge in [-0.25, -0.2) is 0 Å². The fourth-order valence-corrected chi connectivity index (χ4v) is 3.01. The first-order valence-corrected chi connectivity index (χ1v) is 8.38. The van der Waals surface area contributed by atoms with Crippen molar-refractivity contribution in [2.24, 2.45) is 5.41 Å². The zero-order valence-electron chi connectivity index (χ0n) is 12.7. The highest BCUT2D eigenvalue weighted by atomic mass is 32.2. The van der Waals surface area contributed by atoms with Crippen LogP contribution in [0.3, 0.4) is 0 Å². The number of rotatable bonds is 7. The van der Waals surface area contributed by atoms with Crippen LogP contribution in [0.1, 0.15) is 31.3 Å². The number of likely N-dealkylation sites (tertiary alicyclic amines) is 1. The van der Waals surface area contributed by atoms with Gasteiger partial charge < -0.3 is 14.6 Å². The SMILES string of the molecule is CN1CCC(C)(CNCc2ccc(CSC(F)F)o2)CC1. The van der Waals surface area contributed by atoms with E-state index in [0.717, 1.165) is 25.4 Å². The van der Waals surface area contributed by atoms with E-state index in [-0.39, 0.29) is 5.75 Å². The summed E-state index contributed by atoms with van der Waals surface area (Å²) in [4.78, 5) is 2.36. The minimum Gasteiger partial charge on any atom is -0.464 e. The van der Waals surface area contributed by atoms with Crippen molar-refractivity contribution in [1.29, 1.82) is 0 Å². The molecule has 1 N–H and O–H groups in total. The second-order valence-electron chi connectivity index (χ2n) is 6.16. The monoisotopic (exact) mass is 318 g/mol. The van der Waals surface area contributed by atoms with Crippen molar-refractivity contribution in [3.05, 3.63) is 23.7 Å². The van der Waals surface area contributed by atoms with E-state index in [1.807, 2.05) is 6.07 Å². The van der Waals surface area contributed by atoms with Crippen LogP contribution in [0.4, 0.5) is 8.78 Å². The molecular weight excluding hydrogens is 294 g/mol. The normalized spacial score (nSPS) is 19.3. The number of alkyl halides is 2. The van der Waals surface area contributed by atoms with Crippen LogP contribution in [0, 0.1) is 5.41 Å². The van der Waals surface area contributed by atoms with Gasteiger partial charge in [0.2, 0.25) is 0 Å². The van der Waals surface area contributed by atoms with Gasteiger partial charge in [0.05, 0.1) is 12.3 Å². The van der Waals surface area contributed by atoms with E-state index in [1.54, 1.807) is 6.07 Å².